The minimum atomic E-state index is -5.08. The molecule has 4 rings (SSSR count). The maximum absolute atomic E-state index is 12.6. The largest absolute Gasteiger partial charge is 0.490 e. The summed E-state index contributed by atoms with van der Waals surface area (Å²) in [6, 6.07) is 15.3. The van der Waals surface area contributed by atoms with Crippen LogP contribution in [0.2, 0.25) is 5.02 Å². The highest BCUT2D eigenvalue weighted by Gasteiger charge is 2.38. The summed E-state index contributed by atoms with van der Waals surface area (Å²) in [5.74, 6) is -3.01. The quantitative estimate of drug-likeness (QED) is 0.473. The fourth-order valence-electron chi connectivity index (χ4n) is 3.61. The molecule has 11 heteroatoms. The molecule has 2 heterocycles. The van der Waals surface area contributed by atoms with Crippen molar-refractivity contribution >= 4 is 39.9 Å². The van der Waals surface area contributed by atoms with Gasteiger partial charge in [-0.05, 0) is 54.1 Å². The van der Waals surface area contributed by atoms with Crippen LogP contribution in [0.4, 0.5) is 18.9 Å². The molecule has 186 valence electrons. The number of piperidine rings is 1. The zero-order valence-corrected chi connectivity index (χ0v) is 19.1. The molecular weight excluding hydrogens is 487 g/mol. The molecule has 1 saturated heterocycles. The van der Waals surface area contributed by atoms with E-state index in [9.17, 15) is 23.1 Å². The van der Waals surface area contributed by atoms with Crippen molar-refractivity contribution < 1.29 is 33.0 Å². The highest BCUT2D eigenvalue weighted by atomic mass is 35.5. The van der Waals surface area contributed by atoms with Crippen molar-refractivity contribution in [3.05, 3.63) is 71.5 Å². The van der Waals surface area contributed by atoms with Crippen molar-refractivity contribution in [2.24, 2.45) is 0 Å². The zero-order chi connectivity index (χ0) is 25.6. The lowest BCUT2D eigenvalue weighted by Gasteiger charge is -2.34. The molecule has 0 spiro atoms. The minimum absolute atomic E-state index is 0.251. The number of nitrogens with zero attached hydrogens (tertiary/aromatic N) is 2. The number of hydrogen-bond donors (Lipinski definition) is 3. The van der Waals surface area contributed by atoms with Crippen LogP contribution in [-0.4, -0.2) is 57.3 Å². The van der Waals surface area contributed by atoms with Crippen LogP contribution in [0.25, 0.3) is 10.8 Å². The number of carboxylic acid groups (broad SMARTS) is 1. The highest BCUT2D eigenvalue weighted by molar-refractivity contribution is 6.30. The number of pyridine rings is 1. The van der Waals surface area contributed by atoms with Gasteiger partial charge in [-0.25, -0.2) is 4.79 Å². The van der Waals surface area contributed by atoms with Gasteiger partial charge in [-0.1, -0.05) is 29.8 Å². The molecule has 35 heavy (non-hydrogen) atoms. The van der Waals surface area contributed by atoms with Gasteiger partial charge in [-0.2, -0.15) is 13.2 Å². The normalized spacial score (nSPS) is 15.2. The summed E-state index contributed by atoms with van der Waals surface area (Å²) in [5, 5.41) is 23.9. The maximum atomic E-state index is 12.6. The van der Waals surface area contributed by atoms with E-state index in [2.05, 4.69) is 28.5 Å². The Balaban J connectivity index is 0.000000429. The molecule has 0 saturated carbocycles. The highest BCUT2D eigenvalue weighted by Crippen LogP contribution is 2.24. The number of aliphatic hydroxyl groups is 1. The first-order valence-corrected chi connectivity index (χ1v) is 11.0. The first kappa shape index (κ1) is 26.2. The number of alkyl halides is 3. The van der Waals surface area contributed by atoms with E-state index in [1.807, 2.05) is 12.3 Å². The molecule has 0 radical (unpaired) electrons. The van der Waals surface area contributed by atoms with E-state index < -0.39 is 18.2 Å². The molecule has 3 N–H and O–H groups in total. The van der Waals surface area contributed by atoms with Gasteiger partial charge in [0, 0.05) is 47.6 Å². The number of rotatable bonds is 4. The van der Waals surface area contributed by atoms with Crippen LogP contribution in [0.15, 0.2) is 60.9 Å². The van der Waals surface area contributed by atoms with Crippen molar-refractivity contribution in [2.45, 2.75) is 31.2 Å². The molecule has 3 aromatic rings. The molecule has 1 atom stereocenters. The third-order valence-corrected chi connectivity index (χ3v) is 5.73. The van der Waals surface area contributed by atoms with Crippen LogP contribution in [0.5, 0.6) is 0 Å². The van der Waals surface area contributed by atoms with Gasteiger partial charge in [0.05, 0.1) is 0 Å². The van der Waals surface area contributed by atoms with Crippen LogP contribution < -0.4 is 5.32 Å². The van der Waals surface area contributed by atoms with Gasteiger partial charge in [0.15, 0.2) is 6.10 Å². The monoisotopic (exact) mass is 509 g/mol. The van der Waals surface area contributed by atoms with Crippen LogP contribution in [0.3, 0.4) is 0 Å². The summed E-state index contributed by atoms with van der Waals surface area (Å²) in [6.07, 6.45) is -0.894. The van der Waals surface area contributed by atoms with E-state index in [1.165, 1.54) is 0 Å². The van der Waals surface area contributed by atoms with E-state index in [4.69, 9.17) is 21.5 Å². The molecule has 1 aromatic heterocycles. The lowest BCUT2D eigenvalue weighted by Crippen LogP contribution is -2.44. The number of likely N-dealkylation sites (tertiary alicyclic amines) is 1. The number of aliphatic hydroxyl groups excluding tert-OH is 1. The molecule has 7 nitrogen and oxygen atoms in total. The molecule has 0 bridgehead atoms. The fraction of sp³-hybridized carbons (Fsp3) is 0.292. The smallest absolute Gasteiger partial charge is 0.475 e. The Morgan fingerprint density at radius 2 is 1.69 bits per heavy atom. The van der Waals surface area contributed by atoms with Gasteiger partial charge in [0.1, 0.15) is 0 Å². The van der Waals surface area contributed by atoms with E-state index in [0.717, 1.165) is 29.3 Å². The predicted molar refractivity (Wildman–Crippen MR) is 125 cm³/mol. The van der Waals surface area contributed by atoms with Gasteiger partial charge in [-0.15, -0.1) is 0 Å². The molecule has 1 aliphatic rings. The van der Waals surface area contributed by atoms with E-state index in [0.29, 0.717) is 29.7 Å². The van der Waals surface area contributed by atoms with Gasteiger partial charge in [0.2, 0.25) is 0 Å². The van der Waals surface area contributed by atoms with Gasteiger partial charge >= 0.3 is 12.1 Å². The first-order valence-electron chi connectivity index (χ1n) is 10.7. The summed E-state index contributed by atoms with van der Waals surface area (Å²) < 4.78 is 31.7. The number of halogens is 4. The summed E-state index contributed by atoms with van der Waals surface area (Å²) in [6.45, 7) is 1.25. The topological polar surface area (TPSA) is 103 Å². The standard InChI is InChI=1S/C22H22ClN3O2.C2HF3O2/c23-18-4-1-15(2-5-18)21(27)22(28)26-11-8-19(9-12-26)25-20-6-3-17-14-24-10-7-16(17)13-20;3-2(4,5)1(6)7/h1-7,10,13-14,19,21,25,27H,8-9,11-12H2;(H,6,7). The second kappa shape index (κ2) is 11.4. The van der Waals surface area contributed by atoms with Crippen LogP contribution in [0.1, 0.15) is 24.5 Å². The van der Waals surface area contributed by atoms with Gasteiger partial charge < -0.3 is 20.4 Å². The molecule has 1 amide bonds. The van der Waals surface area contributed by atoms with Crippen molar-refractivity contribution in [1.82, 2.24) is 9.88 Å². The van der Waals surface area contributed by atoms with Crippen LogP contribution in [-0.2, 0) is 9.59 Å². The second-order valence-electron chi connectivity index (χ2n) is 7.94. The van der Waals surface area contributed by atoms with Crippen LogP contribution in [0, 0.1) is 0 Å². The number of aliphatic carboxylic acids is 1. The maximum Gasteiger partial charge on any atom is 0.490 e. The van der Waals surface area contributed by atoms with Crippen molar-refractivity contribution in [2.75, 3.05) is 18.4 Å². The van der Waals surface area contributed by atoms with Crippen molar-refractivity contribution in [3.63, 3.8) is 0 Å². The third-order valence-electron chi connectivity index (χ3n) is 5.48. The summed E-state index contributed by atoms with van der Waals surface area (Å²) in [4.78, 5) is 27.4. The first-order chi connectivity index (χ1) is 16.5. The SMILES string of the molecule is O=C(C(O)c1ccc(Cl)cc1)N1CCC(Nc2ccc3cnccc3c2)CC1.O=C(O)C(F)(F)F. The minimum Gasteiger partial charge on any atom is -0.475 e. The average Bonchev–Trinajstić information content (AvgIpc) is 2.84. The summed E-state index contributed by atoms with van der Waals surface area (Å²) >= 11 is 5.87. The van der Waals surface area contributed by atoms with Gasteiger partial charge in [0.25, 0.3) is 5.91 Å². The number of carbonyl (C=O) groups is 2. The molecule has 1 aliphatic heterocycles. The average molecular weight is 510 g/mol. The Bertz CT molecular complexity index is 1170. The third kappa shape index (κ3) is 7.30. The number of amides is 1. The number of nitrogens with one attached hydrogen (secondary N) is 1. The molecule has 2 aromatic carbocycles. The molecular formula is C24H23ClF3N3O4. The van der Waals surface area contributed by atoms with Crippen LogP contribution >= 0.6 is 11.6 Å². The molecule has 1 fully saturated rings. The number of benzene rings is 2. The molecule has 1 unspecified atom stereocenters. The van der Waals surface area contributed by atoms with Gasteiger partial charge in [-0.3, -0.25) is 9.78 Å². The Kier molecular flexibility index (Phi) is 8.52. The second-order valence-corrected chi connectivity index (χ2v) is 8.37. The lowest BCUT2D eigenvalue weighted by atomic mass is 10.0. The Labute approximate surface area is 204 Å². The summed E-state index contributed by atoms with van der Waals surface area (Å²) in [5.41, 5.74) is 1.64. The van der Waals surface area contributed by atoms with Crippen molar-refractivity contribution in [1.29, 1.82) is 0 Å². The fourth-order valence-corrected chi connectivity index (χ4v) is 3.74. The van der Waals surface area contributed by atoms with Crippen molar-refractivity contribution in [3.8, 4) is 0 Å². The number of carbonyl (C=O) groups excluding carboxylic acids is 1. The Hall–Kier alpha value is -3.37. The van der Waals surface area contributed by atoms with E-state index >= 15 is 0 Å². The Morgan fingerprint density at radius 1 is 1.06 bits per heavy atom. The number of hydrogen-bond acceptors (Lipinski definition) is 5. The number of carboxylic acids is 1. The summed E-state index contributed by atoms with van der Waals surface area (Å²) in [7, 11) is 0. The lowest BCUT2D eigenvalue weighted by molar-refractivity contribution is -0.192. The predicted octanol–water partition coefficient (Wildman–Crippen LogP) is 4.66. The zero-order valence-electron chi connectivity index (χ0n) is 18.4. The Morgan fingerprint density at radius 3 is 2.29 bits per heavy atom. The number of aromatic nitrogens is 1. The van der Waals surface area contributed by atoms with E-state index in [-0.39, 0.29) is 5.91 Å². The number of anilines is 1. The number of fused-ring (bicyclic) bond motifs is 1. The van der Waals surface area contributed by atoms with E-state index in [1.54, 1.807) is 35.4 Å². The molecule has 0 aliphatic carbocycles.